The van der Waals surface area contributed by atoms with Gasteiger partial charge in [0.1, 0.15) is 0 Å². The molecule has 4 nitrogen and oxygen atoms in total. The van der Waals surface area contributed by atoms with Crippen molar-refractivity contribution in [3.8, 4) is 0 Å². The number of ether oxygens (including phenoxy) is 1. The van der Waals surface area contributed by atoms with Gasteiger partial charge in [0.2, 0.25) is 0 Å². The first kappa shape index (κ1) is 11.0. The number of alkyl carbamates (subject to hydrolysis) is 1. The van der Waals surface area contributed by atoms with Crippen LogP contribution in [-0.2, 0) is 9.53 Å². The van der Waals surface area contributed by atoms with Crippen molar-refractivity contribution in [3.63, 3.8) is 0 Å². The van der Waals surface area contributed by atoms with Gasteiger partial charge in [-0.05, 0) is 19.8 Å². The third-order valence-electron chi connectivity index (χ3n) is 3.15. The third-order valence-corrected chi connectivity index (χ3v) is 3.15. The molecule has 1 heterocycles. The molecule has 1 saturated heterocycles. The van der Waals surface area contributed by atoms with Crippen molar-refractivity contribution in [2.45, 2.75) is 45.8 Å². The van der Waals surface area contributed by atoms with Crippen LogP contribution in [0.15, 0.2) is 0 Å². The quantitative estimate of drug-likeness (QED) is 0.749. The predicted molar refractivity (Wildman–Crippen MR) is 51.9 cm³/mol. The zero-order valence-corrected chi connectivity index (χ0v) is 9.09. The summed E-state index contributed by atoms with van der Waals surface area (Å²) < 4.78 is 4.96. The van der Waals surface area contributed by atoms with E-state index in [-0.39, 0.29) is 11.7 Å². The summed E-state index contributed by atoms with van der Waals surface area (Å²) in [4.78, 5) is 22.4. The molecule has 1 aliphatic heterocycles. The molecule has 0 saturated carbocycles. The molecule has 1 rings (SSSR count). The van der Waals surface area contributed by atoms with Crippen LogP contribution in [0.2, 0.25) is 0 Å². The molecule has 3 atom stereocenters. The van der Waals surface area contributed by atoms with E-state index in [4.69, 9.17) is 4.74 Å². The maximum atomic E-state index is 11.3. The highest BCUT2D eigenvalue weighted by atomic mass is 16.6. The molecule has 0 spiro atoms. The van der Waals surface area contributed by atoms with Gasteiger partial charge in [-0.3, -0.25) is 4.79 Å². The fourth-order valence-electron chi connectivity index (χ4n) is 1.86. The average Bonchev–Trinajstić information content (AvgIpc) is 2.41. The van der Waals surface area contributed by atoms with E-state index in [1.54, 1.807) is 0 Å². The number of carbonyl (C=O) groups excluding carboxylic acids is 2. The Balaban J connectivity index is 2.94. The normalized spacial score (nSPS) is 33.4. The van der Waals surface area contributed by atoms with E-state index in [0.717, 1.165) is 6.42 Å². The van der Waals surface area contributed by atoms with Crippen molar-refractivity contribution in [1.29, 1.82) is 0 Å². The molecule has 0 aromatic heterocycles. The molecule has 0 aromatic rings. The number of ketones is 1. The Morgan fingerprint density at radius 2 is 2.29 bits per heavy atom. The van der Waals surface area contributed by atoms with Crippen LogP contribution >= 0.6 is 0 Å². The van der Waals surface area contributed by atoms with Gasteiger partial charge in [-0.15, -0.1) is 0 Å². The molecule has 1 amide bonds. The monoisotopic (exact) mass is 199 g/mol. The highest BCUT2D eigenvalue weighted by molar-refractivity contribution is 5.88. The molecule has 14 heavy (non-hydrogen) atoms. The second-order valence-electron chi connectivity index (χ2n) is 4.11. The van der Waals surface area contributed by atoms with Crippen molar-refractivity contribution in [2.75, 3.05) is 0 Å². The molecule has 0 aliphatic carbocycles. The lowest BCUT2D eigenvalue weighted by Crippen LogP contribution is -2.53. The van der Waals surface area contributed by atoms with E-state index in [2.05, 4.69) is 5.32 Å². The summed E-state index contributed by atoms with van der Waals surface area (Å²) in [6.45, 7) is 7.34. The SMILES string of the molecule is CC[C@@H](C)[C@@]1(C)NC(=O)O[C@@H]1C(C)=O. The number of amides is 1. The molecule has 0 aromatic carbocycles. The largest absolute Gasteiger partial charge is 0.436 e. The van der Waals surface area contributed by atoms with Crippen LogP contribution in [0.5, 0.6) is 0 Å². The van der Waals surface area contributed by atoms with Gasteiger partial charge >= 0.3 is 6.09 Å². The lowest BCUT2D eigenvalue weighted by Gasteiger charge is -2.32. The molecular weight excluding hydrogens is 182 g/mol. The highest BCUT2D eigenvalue weighted by Gasteiger charge is 2.50. The van der Waals surface area contributed by atoms with Gasteiger partial charge in [-0.1, -0.05) is 20.3 Å². The van der Waals surface area contributed by atoms with Crippen LogP contribution in [0.3, 0.4) is 0 Å². The molecule has 0 unspecified atom stereocenters. The second-order valence-corrected chi connectivity index (χ2v) is 4.11. The standard InChI is InChI=1S/C10H17NO3/c1-5-6(2)10(4)8(7(3)12)14-9(13)11-10/h6,8H,5H2,1-4H3,(H,11,13)/t6-,8-,10-/m1/s1. The molecule has 1 aliphatic rings. The van der Waals surface area contributed by atoms with Gasteiger partial charge in [-0.25, -0.2) is 4.79 Å². The molecule has 1 fully saturated rings. The summed E-state index contributed by atoms with van der Waals surface area (Å²) in [6.07, 6.45) is -0.248. The molecular formula is C10H17NO3. The summed E-state index contributed by atoms with van der Waals surface area (Å²) in [5.74, 6) is 0.106. The van der Waals surface area contributed by atoms with E-state index < -0.39 is 17.7 Å². The minimum atomic E-state index is -0.648. The Hall–Kier alpha value is -1.06. The Morgan fingerprint density at radius 3 is 2.71 bits per heavy atom. The Kier molecular flexibility index (Phi) is 2.83. The fraction of sp³-hybridized carbons (Fsp3) is 0.800. The number of cyclic esters (lactones) is 1. The van der Waals surface area contributed by atoms with Crippen LogP contribution in [0.4, 0.5) is 4.79 Å². The summed E-state index contributed by atoms with van der Waals surface area (Å²) in [5, 5.41) is 2.73. The van der Waals surface area contributed by atoms with E-state index in [0.29, 0.717) is 0 Å². The van der Waals surface area contributed by atoms with Crippen LogP contribution < -0.4 is 5.32 Å². The molecule has 4 heteroatoms. The van der Waals surface area contributed by atoms with Gasteiger partial charge in [0.25, 0.3) is 0 Å². The fourth-order valence-corrected chi connectivity index (χ4v) is 1.86. The first-order valence-electron chi connectivity index (χ1n) is 4.91. The van der Waals surface area contributed by atoms with Gasteiger partial charge < -0.3 is 10.1 Å². The summed E-state index contributed by atoms with van der Waals surface area (Å²) in [5.41, 5.74) is -0.558. The van der Waals surface area contributed by atoms with Gasteiger partial charge in [0.05, 0.1) is 5.54 Å². The smallest absolute Gasteiger partial charge is 0.408 e. The number of carbonyl (C=O) groups is 2. The lowest BCUT2D eigenvalue weighted by molar-refractivity contribution is -0.126. The summed E-state index contributed by atoms with van der Waals surface area (Å²) in [7, 11) is 0. The zero-order chi connectivity index (χ0) is 10.9. The Morgan fingerprint density at radius 1 is 1.71 bits per heavy atom. The highest BCUT2D eigenvalue weighted by Crippen LogP contribution is 2.30. The second kappa shape index (κ2) is 3.59. The number of nitrogens with one attached hydrogen (secondary N) is 1. The van der Waals surface area contributed by atoms with Crippen LogP contribution in [0.25, 0.3) is 0 Å². The predicted octanol–water partition coefficient (Wildman–Crippen LogP) is 1.49. The third kappa shape index (κ3) is 1.61. The first-order valence-corrected chi connectivity index (χ1v) is 4.91. The Bertz CT molecular complexity index is 264. The molecule has 80 valence electrons. The van der Waals surface area contributed by atoms with E-state index in [9.17, 15) is 9.59 Å². The average molecular weight is 199 g/mol. The minimum absolute atomic E-state index is 0.105. The molecule has 0 radical (unpaired) electrons. The van der Waals surface area contributed by atoms with Crippen molar-refractivity contribution in [1.82, 2.24) is 5.32 Å². The molecule has 0 bridgehead atoms. The molecule has 1 N–H and O–H groups in total. The first-order chi connectivity index (χ1) is 6.41. The zero-order valence-electron chi connectivity index (χ0n) is 9.09. The van der Waals surface area contributed by atoms with Gasteiger partial charge in [0.15, 0.2) is 11.9 Å². The Labute approximate surface area is 84.0 Å². The number of Topliss-reactive ketones (excluding diaryl/α,β-unsaturated/α-hetero) is 1. The number of rotatable bonds is 3. The maximum absolute atomic E-state index is 11.3. The number of hydrogen-bond donors (Lipinski definition) is 1. The van der Waals surface area contributed by atoms with E-state index in [1.807, 2.05) is 20.8 Å². The minimum Gasteiger partial charge on any atom is -0.436 e. The van der Waals surface area contributed by atoms with Gasteiger partial charge in [0, 0.05) is 0 Å². The van der Waals surface area contributed by atoms with Crippen LogP contribution in [0, 0.1) is 5.92 Å². The maximum Gasteiger partial charge on any atom is 0.408 e. The van der Waals surface area contributed by atoms with Crippen molar-refractivity contribution in [2.24, 2.45) is 5.92 Å². The van der Waals surface area contributed by atoms with Crippen LogP contribution in [0.1, 0.15) is 34.1 Å². The van der Waals surface area contributed by atoms with Crippen molar-refractivity contribution < 1.29 is 14.3 Å². The van der Waals surface area contributed by atoms with Crippen LogP contribution in [-0.4, -0.2) is 23.5 Å². The van der Waals surface area contributed by atoms with Gasteiger partial charge in [-0.2, -0.15) is 0 Å². The van der Waals surface area contributed by atoms with Crippen molar-refractivity contribution >= 4 is 11.9 Å². The van der Waals surface area contributed by atoms with E-state index in [1.165, 1.54) is 6.92 Å². The van der Waals surface area contributed by atoms with Crippen molar-refractivity contribution in [3.05, 3.63) is 0 Å². The topological polar surface area (TPSA) is 55.4 Å². The lowest BCUT2D eigenvalue weighted by atomic mass is 9.80. The van der Waals surface area contributed by atoms with E-state index >= 15 is 0 Å². The summed E-state index contributed by atoms with van der Waals surface area (Å²) >= 11 is 0. The summed E-state index contributed by atoms with van der Waals surface area (Å²) in [6, 6.07) is 0. The number of hydrogen-bond acceptors (Lipinski definition) is 3.